The second-order valence-electron chi connectivity index (χ2n) is 5.78. The minimum absolute atomic E-state index is 0.00171. The first-order chi connectivity index (χ1) is 10.1. The summed E-state index contributed by atoms with van der Waals surface area (Å²) in [5, 5.41) is 0. The fourth-order valence-corrected chi connectivity index (χ4v) is 4.12. The van der Waals surface area contributed by atoms with Gasteiger partial charge in [-0.2, -0.15) is 0 Å². The fourth-order valence-electron chi connectivity index (χ4n) is 2.58. The van der Waals surface area contributed by atoms with E-state index in [9.17, 15) is 4.79 Å². The number of rotatable bonds is 2. The molecule has 4 heteroatoms. The monoisotopic (exact) mass is 299 g/mol. The van der Waals surface area contributed by atoms with E-state index in [0.29, 0.717) is 5.56 Å². The van der Waals surface area contributed by atoms with Crippen LogP contribution in [0.1, 0.15) is 36.2 Å². The number of fused-ring (bicyclic) bond motifs is 1. The maximum atomic E-state index is 12.2. The van der Waals surface area contributed by atoms with Crippen LogP contribution in [0.5, 0.6) is 0 Å². The van der Waals surface area contributed by atoms with Gasteiger partial charge in [-0.15, -0.1) is 0 Å². The number of pyridine rings is 1. The van der Waals surface area contributed by atoms with Crippen LogP contribution < -0.4 is 0 Å². The Hall–Kier alpha value is -1.81. The molecule has 0 saturated heterocycles. The molecule has 0 N–H and O–H groups in total. The summed E-state index contributed by atoms with van der Waals surface area (Å²) in [5.74, 6) is -0.309. The Morgan fingerprint density at radius 3 is 2.86 bits per heavy atom. The minimum Gasteiger partial charge on any atom is -0.447 e. The van der Waals surface area contributed by atoms with Gasteiger partial charge in [0.05, 0.1) is 5.56 Å². The topological polar surface area (TPSA) is 39.2 Å². The van der Waals surface area contributed by atoms with Crippen molar-refractivity contribution in [3.63, 3.8) is 0 Å². The number of ether oxygens (including phenoxy) is 1. The lowest BCUT2D eigenvalue weighted by atomic mass is 9.81. The molecule has 1 aliphatic heterocycles. The molecule has 3 nitrogen and oxygen atoms in total. The molecule has 0 fully saturated rings. The number of hydrogen-bond donors (Lipinski definition) is 0. The largest absolute Gasteiger partial charge is 0.447 e. The van der Waals surface area contributed by atoms with Gasteiger partial charge >= 0.3 is 5.97 Å². The average Bonchev–Trinajstić information content (AvgIpc) is 2.47. The van der Waals surface area contributed by atoms with Crippen molar-refractivity contribution >= 4 is 17.7 Å². The van der Waals surface area contributed by atoms with Gasteiger partial charge in [0.2, 0.25) is 0 Å². The van der Waals surface area contributed by atoms with Crippen molar-refractivity contribution in [3.8, 4) is 0 Å². The summed E-state index contributed by atoms with van der Waals surface area (Å²) in [6.07, 6.45) is 3.99. The molecule has 3 rings (SSSR count). The van der Waals surface area contributed by atoms with Gasteiger partial charge in [-0.1, -0.05) is 43.8 Å². The van der Waals surface area contributed by atoms with Crippen molar-refractivity contribution in [3.05, 3.63) is 59.9 Å². The predicted molar refractivity (Wildman–Crippen MR) is 83.4 cm³/mol. The smallest absolute Gasteiger partial charge is 0.340 e. The number of hydrogen-bond acceptors (Lipinski definition) is 4. The molecular formula is C17H17NO2S. The normalized spacial score (nSPS) is 19.6. The minimum atomic E-state index is -0.309. The van der Waals surface area contributed by atoms with Gasteiger partial charge < -0.3 is 4.74 Å². The Morgan fingerprint density at radius 1 is 1.29 bits per heavy atom. The summed E-state index contributed by atoms with van der Waals surface area (Å²) in [7, 11) is 0. The molecule has 108 valence electrons. The first-order valence-corrected chi connectivity index (χ1v) is 7.81. The van der Waals surface area contributed by atoms with Crippen LogP contribution in [0.3, 0.4) is 0 Å². The summed E-state index contributed by atoms with van der Waals surface area (Å²) in [6, 6.07) is 11.8. The Labute approximate surface area is 128 Å². The first-order valence-electron chi connectivity index (χ1n) is 6.93. The van der Waals surface area contributed by atoms with Gasteiger partial charge in [-0.25, -0.2) is 4.79 Å². The molecule has 2 heterocycles. The van der Waals surface area contributed by atoms with Gasteiger partial charge in [0.15, 0.2) is 5.44 Å². The zero-order valence-electron chi connectivity index (χ0n) is 12.1. The quantitative estimate of drug-likeness (QED) is 0.785. The van der Waals surface area contributed by atoms with Gasteiger partial charge in [0.25, 0.3) is 0 Å². The molecule has 0 aliphatic carbocycles. The van der Waals surface area contributed by atoms with Crippen molar-refractivity contribution in [2.24, 2.45) is 0 Å². The maximum absolute atomic E-state index is 12.2. The molecule has 1 aromatic heterocycles. The second kappa shape index (κ2) is 5.53. The highest BCUT2D eigenvalue weighted by Crippen LogP contribution is 2.45. The summed E-state index contributed by atoms with van der Waals surface area (Å²) < 4.78 is 5.65. The molecule has 0 saturated carbocycles. The fraction of sp³-hybridized carbons (Fsp3) is 0.294. The van der Waals surface area contributed by atoms with Crippen LogP contribution in [-0.2, 0) is 10.2 Å². The van der Waals surface area contributed by atoms with Crippen LogP contribution in [0, 0.1) is 0 Å². The van der Waals surface area contributed by atoms with Crippen molar-refractivity contribution in [1.82, 2.24) is 4.98 Å². The molecule has 1 aromatic carbocycles. The highest BCUT2D eigenvalue weighted by atomic mass is 32.2. The lowest BCUT2D eigenvalue weighted by Crippen LogP contribution is -2.30. The average molecular weight is 299 g/mol. The SMILES string of the molecule is CC1(C)CC(OC(=O)c2cccnc2)Sc2ccccc21. The number of benzene rings is 1. The Morgan fingerprint density at radius 2 is 2.10 bits per heavy atom. The van der Waals surface area contributed by atoms with Crippen LogP contribution >= 0.6 is 11.8 Å². The zero-order valence-corrected chi connectivity index (χ0v) is 12.9. The summed E-state index contributed by atoms with van der Waals surface area (Å²) in [4.78, 5) is 17.3. The van der Waals surface area contributed by atoms with E-state index in [0.717, 1.165) is 6.42 Å². The summed E-state index contributed by atoms with van der Waals surface area (Å²) in [6.45, 7) is 4.38. The van der Waals surface area contributed by atoms with Gasteiger partial charge in [0.1, 0.15) is 0 Å². The molecule has 0 radical (unpaired) electrons. The van der Waals surface area contributed by atoms with E-state index in [-0.39, 0.29) is 16.8 Å². The van der Waals surface area contributed by atoms with Crippen molar-refractivity contribution in [2.75, 3.05) is 0 Å². The van der Waals surface area contributed by atoms with E-state index in [1.807, 2.05) is 6.07 Å². The van der Waals surface area contributed by atoms with E-state index in [1.54, 1.807) is 30.1 Å². The number of nitrogens with zero attached hydrogens (tertiary/aromatic N) is 1. The third-order valence-corrected chi connectivity index (χ3v) is 4.82. The molecule has 0 spiro atoms. The standard InChI is InChI=1S/C17H17NO2S/c1-17(2)10-15(21-14-8-4-3-7-13(14)17)20-16(19)12-6-5-9-18-11-12/h3-9,11,15H,10H2,1-2H3. The van der Waals surface area contributed by atoms with Crippen LogP contribution in [0.15, 0.2) is 53.7 Å². The number of esters is 1. The van der Waals surface area contributed by atoms with E-state index >= 15 is 0 Å². The van der Waals surface area contributed by atoms with Crippen LogP contribution in [0.2, 0.25) is 0 Å². The van der Waals surface area contributed by atoms with Crippen molar-refractivity contribution in [2.45, 2.75) is 36.0 Å². The van der Waals surface area contributed by atoms with E-state index in [2.05, 4.69) is 37.0 Å². The molecular weight excluding hydrogens is 282 g/mol. The highest BCUT2D eigenvalue weighted by Gasteiger charge is 2.35. The maximum Gasteiger partial charge on any atom is 0.340 e. The summed E-state index contributed by atoms with van der Waals surface area (Å²) >= 11 is 1.62. The molecule has 0 bridgehead atoms. The molecule has 1 atom stereocenters. The number of carbonyl (C=O) groups excluding carboxylic acids is 1. The third-order valence-electron chi connectivity index (χ3n) is 3.69. The van der Waals surface area contributed by atoms with Crippen LogP contribution in [0.4, 0.5) is 0 Å². The Bertz CT molecular complexity index is 655. The number of carbonyl (C=O) groups is 1. The van der Waals surface area contributed by atoms with Crippen LogP contribution in [0.25, 0.3) is 0 Å². The lowest BCUT2D eigenvalue weighted by molar-refractivity contribution is 0.0415. The predicted octanol–water partition coefficient (Wildman–Crippen LogP) is 4.04. The van der Waals surface area contributed by atoms with E-state index < -0.39 is 0 Å². The summed E-state index contributed by atoms with van der Waals surface area (Å²) in [5.41, 5.74) is 1.66. The van der Waals surface area contributed by atoms with Gasteiger partial charge in [0, 0.05) is 23.7 Å². The second-order valence-corrected chi connectivity index (χ2v) is 6.98. The first kappa shape index (κ1) is 14.1. The zero-order chi connectivity index (χ0) is 14.9. The van der Waals surface area contributed by atoms with E-state index in [1.165, 1.54) is 16.7 Å². The Kier molecular flexibility index (Phi) is 3.72. The van der Waals surface area contributed by atoms with Crippen molar-refractivity contribution in [1.29, 1.82) is 0 Å². The lowest BCUT2D eigenvalue weighted by Gasteiger charge is -2.36. The van der Waals surface area contributed by atoms with Gasteiger partial charge in [-0.05, 0) is 29.2 Å². The highest BCUT2D eigenvalue weighted by molar-refractivity contribution is 7.99. The molecule has 2 aromatic rings. The molecule has 1 aliphatic rings. The molecule has 21 heavy (non-hydrogen) atoms. The van der Waals surface area contributed by atoms with Crippen LogP contribution in [-0.4, -0.2) is 16.4 Å². The van der Waals surface area contributed by atoms with E-state index in [4.69, 9.17) is 4.74 Å². The Balaban J connectivity index is 1.79. The number of thioether (sulfide) groups is 1. The molecule has 0 amide bonds. The number of aromatic nitrogens is 1. The van der Waals surface area contributed by atoms with Crippen molar-refractivity contribution < 1.29 is 9.53 Å². The molecule has 1 unspecified atom stereocenters. The third kappa shape index (κ3) is 2.95. The van der Waals surface area contributed by atoms with Gasteiger partial charge in [-0.3, -0.25) is 4.98 Å².